The Bertz CT molecular complexity index is 476. The maximum Gasteiger partial charge on any atom is 0.223 e. The van der Waals surface area contributed by atoms with Crippen molar-refractivity contribution in [3.05, 3.63) is 17.5 Å². The Morgan fingerprint density at radius 1 is 1.38 bits per heavy atom. The molecular formula is C15H24N4O2. The Balaban J connectivity index is 1.36. The lowest BCUT2D eigenvalue weighted by Gasteiger charge is -2.34. The van der Waals surface area contributed by atoms with E-state index in [2.05, 4.69) is 15.4 Å². The van der Waals surface area contributed by atoms with Gasteiger partial charge in [-0.2, -0.15) is 0 Å². The minimum Gasteiger partial charge on any atom is -0.360 e. The number of aryl methyl sites for hydroxylation is 1. The fourth-order valence-corrected chi connectivity index (χ4v) is 2.70. The summed E-state index contributed by atoms with van der Waals surface area (Å²) in [6, 6.07) is 2.65. The molecule has 6 nitrogen and oxygen atoms in total. The highest BCUT2D eigenvalue weighted by Crippen LogP contribution is 2.18. The predicted octanol–water partition coefficient (Wildman–Crippen LogP) is 0.769. The molecule has 0 unspecified atom stereocenters. The molecule has 21 heavy (non-hydrogen) atoms. The smallest absolute Gasteiger partial charge is 0.223 e. The molecule has 0 atom stereocenters. The van der Waals surface area contributed by atoms with E-state index >= 15 is 0 Å². The molecule has 1 aromatic heterocycles. The summed E-state index contributed by atoms with van der Waals surface area (Å²) in [6.45, 7) is 6.97. The molecule has 0 aromatic carbocycles. The lowest BCUT2D eigenvalue weighted by Crippen LogP contribution is -2.48. The molecular weight excluding hydrogens is 268 g/mol. The lowest BCUT2D eigenvalue weighted by molar-refractivity contribution is -0.132. The second kappa shape index (κ2) is 6.58. The second-order valence-corrected chi connectivity index (χ2v) is 6.07. The number of piperazine rings is 1. The number of hydrogen-bond donors (Lipinski definition) is 1. The lowest BCUT2D eigenvalue weighted by atomic mass is 10.2. The zero-order chi connectivity index (χ0) is 14.7. The van der Waals surface area contributed by atoms with Crippen molar-refractivity contribution >= 4 is 5.91 Å². The van der Waals surface area contributed by atoms with E-state index in [0.717, 1.165) is 50.7 Å². The molecule has 0 bridgehead atoms. The van der Waals surface area contributed by atoms with Crippen LogP contribution in [0.15, 0.2) is 10.6 Å². The summed E-state index contributed by atoms with van der Waals surface area (Å²) in [6.07, 6.45) is 3.17. The standard InChI is InChI=1S/C15H24N4O2/c1-12-10-14(21-17-12)11-18-6-8-19(9-7-18)15(20)4-5-16-13-2-3-13/h10,13,16H,2-9,11H2,1H3. The molecule has 1 aliphatic carbocycles. The van der Waals surface area contributed by atoms with Crippen LogP contribution in [-0.2, 0) is 11.3 Å². The van der Waals surface area contributed by atoms with Gasteiger partial charge in [0, 0.05) is 51.3 Å². The van der Waals surface area contributed by atoms with Crippen LogP contribution in [-0.4, -0.2) is 59.6 Å². The average Bonchev–Trinajstić information content (AvgIpc) is 3.21. The van der Waals surface area contributed by atoms with Crippen molar-refractivity contribution in [2.45, 2.75) is 38.8 Å². The number of carbonyl (C=O) groups is 1. The summed E-state index contributed by atoms with van der Waals surface area (Å²) in [7, 11) is 0. The van der Waals surface area contributed by atoms with Gasteiger partial charge in [0.05, 0.1) is 12.2 Å². The highest BCUT2D eigenvalue weighted by atomic mass is 16.5. The van der Waals surface area contributed by atoms with Crippen molar-refractivity contribution in [1.29, 1.82) is 0 Å². The van der Waals surface area contributed by atoms with E-state index in [4.69, 9.17) is 4.52 Å². The van der Waals surface area contributed by atoms with Gasteiger partial charge in [-0.1, -0.05) is 5.16 Å². The van der Waals surface area contributed by atoms with Crippen molar-refractivity contribution in [2.75, 3.05) is 32.7 Å². The van der Waals surface area contributed by atoms with Crippen LogP contribution in [0.4, 0.5) is 0 Å². The largest absolute Gasteiger partial charge is 0.360 e. The van der Waals surface area contributed by atoms with Gasteiger partial charge >= 0.3 is 0 Å². The Morgan fingerprint density at radius 3 is 2.76 bits per heavy atom. The molecule has 0 radical (unpaired) electrons. The van der Waals surface area contributed by atoms with E-state index in [1.165, 1.54) is 12.8 Å². The molecule has 2 aliphatic rings. The number of hydrogen-bond acceptors (Lipinski definition) is 5. The number of amides is 1. The van der Waals surface area contributed by atoms with Crippen LogP contribution in [0.3, 0.4) is 0 Å². The minimum atomic E-state index is 0.276. The fourth-order valence-electron chi connectivity index (χ4n) is 2.70. The third kappa shape index (κ3) is 4.28. The van der Waals surface area contributed by atoms with E-state index < -0.39 is 0 Å². The van der Waals surface area contributed by atoms with Crippen LogP contribution in [0.25, 0.3) is 0 Å². The topological polar surface area (TPSA) is 61.6 Å². The second-order valence-electron chi connectivity index (χ2n) is 6.07. The summed E-state index contributed by atoms with van der Waals surface area (Å²) in [5, 5.41) is 7.30. The fraction of sp³-hybridized carbons (Fsp3) is 0.733. The van der Waals surface area contributed by atoms with Gasteiger partial charge in [-0.05, 0) is 19.8 Å². The highest BCUT2D eigenvalue weighted by molar-refractivity contribution is 5.76. The Labute approximate surface area is 125 Å². The van der Waals surface area contributed by atoms with Gasteiger partial charge in [0.1, 0.15) is 0 Å². The minimum absolute atomic E-state index is 0.276. The van der Waals surface area contributed by atoms with Crippen LogP contribution >= 0.6 is 0 Å². The van der Waals surface area contributed by atoms with Crippen molar-refractivity contribution in [3.63, 3.8) is 0 Å². The van der Waals surface area contributed by atoms with Crippen molar-refractivity contribution < 1.29 is 9.32 Å². The van der Waals surface area contributed by atoms with E-state index in [1.807, 2.05) is 17.9 Å². The number of nitrogens with zero attached hydrogens (tertiary/aromatic N) is 3. The van der Waals surface area contributed by atoms with Gasteiger partial charge in [-0.25, -0.2) is 0 Å². The Hall–Kier alpha value is -1.40. The van der Waals surface area contributed by atoms with Crippen LogP contribution in [0.5, 0.6) is 0 Å². The monoisotopic (exact) mass is 292 g/mol. The molecule has 1 saturated heterocycles. The first-order chi connectivity index (χ1) is 10.2. The summed E-state index contributed by atoms with van der Waals surface area (Å²) in [4.78, 5) is 16.4. The highest BCUT2D eigenvalue weighted by Gasteiger charge is 2.23. The number of carbonyl (C=O) groups excluding carboxylic acids is 1. The van der Waals surface area contributed by atoms with Crippen molar-refractivity contribution in [2.24, 2.45) is 0 Å². The summed E-state index contributed by atoms with van der Waals surface area (Å²) < 4.78 is 5.24. The SMILES string of the molecule is Cc1cc(CN2CCN(C(=O)CCNC3CC3)CC2)on1. The van der Waals surface area contributed by atoms with E-state index in [1.54, 1.807) is 0 Å². The quantitative estimate of drug-likeness (QED) is 0.839. The molecule has 1 amide bonds. The van der Waals surface area contributed by atoms with Crippen LogP contribution in [0, 0.1) is 6.92 Å². The predicted molar refractivity (Wildman–Crippen MR) is 78.7 cm³/mol. The third-order valence-electron chi connectivity index (χ3n) is 4.13. The Morgan fingerprint density at radius 2 is 2.14 bits per heavy atom. The molecule has 3 rings (SSSR count). The molecule has 1 N–H and O–H groups in total. The molecule has 2 fully saturated rings. The molecule has 1 aromatic rings. The first kappa shape index (κ1) is 14.5. The normalized spacial score (nSPS) is 20.0. The Kier molecular flexibility index (Phi) is 4.55. The third-order valence-corrected chi connectivity index (χ3v) is 4.13. The van der Waals surface area contributed by atoms with Gasteiger partial charge in [-0.15, -0.1) is 0 Å². The molecule has 6 heteroatoms. The van der Waals surface area contributed by atoms with Crippen LogP contribution in [0.2, 0.25) is 0 Å². The van der Waals surface area contributed by atoms with Gasteiger partial charge in [0.2, 0.25) is 5.91 Å². The van der Waals surface area contributed by atoms with Gasteiger partial charge in [-0.3, -0.25) is 9.69 Å². The molecule has 0 spiro atoms. The maximum atomic E-state index is 12.1. The van der Waals surface area contributed by atoms with Gasteiger partial charge in [0.15, 0.2) is 5.76 Å². The van der Waals surface area contributed by atoms with Crippen molar-refractivity contribution in [3.8, 4) is 0 Å². The zero-order valence-corrected chi connectivity index (χ0v) is 12.7. The summed E-state index contributed by atoms with van der Waals surface area (Å²) in [5.74, 6) is 1.18. The van der Waals surface area contributed by atoms with Gasteiger partial charge < -0.3 is 14.7 Å². The van der Waals surface area contributed by atoms with Crippen LogP contribution < -0.4 is 5.32 Å². The molecule has 116 valence electrons. The van der Waals surface area contributed by atoms with Crippen LogP contribution in [0.1, 0.15) is 30.7 Å². The number of rotatable bonds is 6. The van der Waals surface area contributed by atoms with E-state index in [9.17, 15) is 4.79 Å². The number of aromatic nitrogens is 1. The number of nitrogens with one attached hydrogen (secondary N) is 1. The maximum absolute atomic E-state index is 12.1. The first-order valence-electron chi connectivity index (χ1n) is 7.86. The first-order valence-corrected chi connectivity index (χ1v) is 7.86. The molecule has 1 aliphatic heterocycles. The zero-order valence-electron chi connectivity index (χ0n) is 12.7. The molecule has 2 heterocycles. The van der Waals surface area contributed by atoms with Crippen molar-refractivity contribution in [1.82, 2.24) is 20.3 Å². The molecule has 1 saturated carbocycles. The summed E-state index contributed by atoms with van der Waals surface area (Å²) >= 11 is 0. The van der Waals surface area contributed by atoms with E-state index in [0.29, 0.717) is 12.5 Å². The van der Waals surface area contributed by atoms with Gasteiger partial charge in [0.25, 0.3) is 0 Å². The summed E-state index contributed by atoms with van der Waals surface area (Å²) in [5.41, 5.74) is 0.918. The van der Waals surface area contributed by atoms with E-state index in [-0.39, 0.29) is 5.91 Å². The average molecular weight is 292 g/mol.